The molecule has 0 radical (unpaired) electrons. The Morgan fingerprint density at radius 2 is 2.00 bits per heavy atom. The number of carbonyl (C=O) groups is 1. The summed E-state index contributed by atoms with van der Waals surface area (Å²) in [5.74, 6) is 0.652. The minimum atomic E-state index is -0.319. The maximum atomic E-state index is 12.1. The van der Waals surface area contributed by atoms with E-state index in [1.807, 2.05) is 36.4 Å². The first kappa shape index (κ1) is 18.8. The van der Waals surface area contributed by atoms with Crippen LogP contribution in [0.25, 0.3) is 0 Å². The third-order valence-electron chi connectivity index (χ3n) is 3.68. The average molecular weight is 408 g/mol. The molecule has 5 nitrogen and oxygen atoms in total. The van der Waals surface area contributed by atoms with Crippen LogP contribution < -0.4 is 10.1 Å². The molecule has 8 heteroatoms. The molecule has 1 aliphatic rings. The number of carbonyl (C=O) groups excluding carboxylic acids is 1. The average Bonchev–Trinajstić information content (AvgIpc) is 2.99. The van der Waals surface area contributed by atoms with Crippen LogP contribution in [0.2, 0.25) is 10.0 Å². The van der Waals surface area contributed by atoms with Gasteiger partial charge in [0.1, 0.15) is 5.75 Å². The van der Waals surface area contributed by atoms with Gasteiger partial charge in [0.15, 0.2) is 5.17 Å². The summed E-state index contributed by atoms with van der Waals surface area (Å²) in [4.78, 5) is 12.1. The van der Waals surface area contributed by atoms with Crippen molar-refractivity contribution < 1.29 is 9.53 Å². The topological polar surface area (TPSA) is 63.1 Å². The van der Waals surface area contributed by atoms with E-state index in [2.05, 4.69) is 15.5 Å². The second-order valence-electron chi connectivity index (χ2n) is 5.44. The Balaban J connectivity index is 1.64. The summed E-state index contributed by atoms with van der Waals surface area (Å²) in [6, 6.07) is 12.8. The molecule has 26 heavy (non-hydrogen) atoms. The minimum absolute atomic E-state index is 0.121. The molecule has 0 bridgehead atoms. The number of rotatable bonds is 5. The molecule has 1 atom stereocenters. The number of nitrogens with one attached hydrogen (secondary N) is 1. The Bertz CT molecular complexity index is 869. The first-order valence-electron chi connectivity index (χ1n) is 7.72. The lowest BCUT2D eigenvalue weighted by molar-refractivity contribution is -0.118. The number of hydrogen-bond acceptors (Lipinski definition) is 5. The van der Waals surface area contributed by atoms with Crippen LogP contribution in [0.1, 0.15) is 11.1 Å². The van der Waals surface area contributed by atoms with E-state index < -0.39 is 0 Å². The van der Waals surface area contributed by atoms with Crippen LogP contribution in [0.5, 0.6) is 5.75 Å². The van der Waals surface area contributed by atoms with E-state index in [0.29, 0.717) is 21.6 Å². The van der Waals surface area contributed by atoms with Crippen LogP contribution in [-0.4, -0.2) is 29.6 Å². The molecule has 3 rings (SSSR count). The highest BCUT2D eigenvalue weighted by atomic mass is 35.5. The van der Waals surface area contributed by atoms with Crippen molar-refractivity contribution in [3.8, 4) is 5.75 Å². The number of amides is 1. The second-order valence-corrected chi connectivity index (χ2v) is 7.41. The summed E-state index contributed by atoms with van der Waals surface area (Å²) in [6.45, 7) is 0. The predicted molar refractivity (Wildman–Crippen MR) is 108 cm³/mol. The van der Waals surface area contributed by atoms with Gasteiger partial charge in [-0.05, 0) is 47.9 Å². The van der Waals surface area contributed by atoms with Crippen LogP contribution in [-0.2, 0) is 11.2 Å². The van der Waals surface area contributed by atoms with Crippen molar-refractivity contribution in [2.75, 3.05) is 7.11 Å². The Hall–Kier alpha value is -2.02. The largest absolute Gasteiger partial charge is 0.497 e. The highest BCUT2D eigenvalue weighted by Crippen LogP contribution is 2.30. The Morgan fingerprint density at radius 1 is 1.23 bits per heavy atom. The molecule has 2 aromatic carbocycles. The number of benzene rings is 2. The first-order valence-corrected chi connectivity index (χ1v) is 9.36. The summed E-state index contributed by atoms with van der Waals surface area (Å²) in [5.41, 5.74) is 1.71. The van der Waals surface area contributed by atoms with Gasteiger partial charge in [-0.2, -0.15) is 5.10 Å². The first-order chi connectivity index (χ1) is 12.6. The number of halogens is 2. The van der Waals surface area contributed by atoms with Gasteiger partial charge >= 0.3 is 0 Å². The smallest absolute Gasteiger partial charge is 0.239 e. The molecule has 0 saturated carbocycles. The normalized spacial score (nSPS) is 18.5. The van der Waals surface area contributed by atoms with Crippen molar-refractivity contribution in [3.05, 3.63) is 63.6 Å². The molecule has 1 fully saturated rings. The van der Waals surface area contributed by atoms with Crippen molar-refractivity contribution >= 4 is 52.3 Å². The molecule has 1 aliphatic heterocycles. The molecular weight excluding hydrogens is 393 g/mol. The molecule has 0 aromatic heterocycles. The van der Waals surface area contributed by atoms with Gasteiger partial charge in [-0.15, -0.1) is 5.10 Å². The third-order valence-corrected chi connectivity index (χ3v) is 5.61. The Kier molecular flexibility index (Phi) is 6.19. The Morgan fingerprint density at radius 3 is 2.73 bits per heavy atom. The molecule has 1 amide bonds. The lowest BCUT2D eigenvalue weighted by atomic mass is 10.1. The van der Waals surface area contributed by atoms with Crippen LogP contribution in [0, 0.1) is 0 Å². The molecule has 2 aromatic rings. The van der Waals surface area contributed by atoms with Crippen molar-refractivity contribution in [3.63, 3.8) is 0 Å². The zero-order valence-electron chi connectivity index (χ0n) is 13.8. The third kappa shape index (κ3) is 4.58. The molecule has 1 unspecified atom stereocenters. The van der Waals surface area contributed by atoms with Gasteiger partial charge in [-0.3, -0.25) is 4.79 Å². The van der Waals surface area contributed by atoms with Crippen molar-refractivity contribution in [2.24, 2.45) is 10.2 Å². The Labute approximate surface area is 165 Å². The number of nitrogens with zero attached hydrogens (tertiary/aromatic N) is 2. The van der Waals surface area contributed by atoms with Gasteiger partial charge in [0.05, 0.1) is 28.6 Å². The number of thioether (sulfide) groups is 1. The van der Waals surface area contributed by atoms with Crippen molar-refractivity contribution in [2.45, 2.75) is 11.7 Å². The van der Waals surface area contributed by atoms with Gasteiger partial charge in [-0.1, -0.05) is 47.1 Å². The molecule has 0 aliphatic carbocycles. The fourth-order valence-electron chi connectivity index (χ4n) is 2.33. The number of amidine groups is 1. The van der Waals surface area contributed by atoms with Crippen molar-refractivity contribution in [1.82, 2.24) is 5.32 Å². The molecular formula is C18H15Cl2N3O2S. The monoisotopic (exact) mass is 407 g/mol. The van der Waals surface area contributed by atoms with E-state index >= 15 is 0 Å². The predicted octanol–water partition coefficient (Wildman–Crippen LogP) is 4.17. The highest BCUT2D eigenvalue weighted by Gasteiger charge is 2.31. The summed E-state index contributed by atoms with van der Waals surface area (Å²) < 4.78 is 5.10. The van der Waals surface area contributed by atoms with Crippen LogP contribution in [0.15, 0.2) is 52.7 Å². The van der Waals surface area contributed by atoms with Gasteiger partial charge in [0.25, 0.3) is 0 Å². The molecule has 1 heterocycles. The van der Waals surface area contributed by atoms with E-state index in [1.54, 1.807) is 19.4 Å². The van der Waals surface area contributed by atoms with E-state index in [4.69, 9.17) is 27.9 Å². The zero-order chi connectivity index (χ0) is 18.5. The quantitative estimate of drug-likeness (QED) is 0.597. The standard InChI is InChI=1S/C18H15Cl2N3O2S/c1-25-13-7-5-11(6-8-13)10-21-23-18-22-17(24)15(26-18)9-12-3-2-4-14(19)16(12)20/h2-8,10,15H,9H2,1H3,(H,22,23,24). The van der Waals surface area contributed by atoms with E-state index in [1.165, 1.54) is 11.8 Å². The summed E-state index contributed by atoms with van der Waals surface area (Å²) in [7, 11) is 1.61. The number of methoxy groups -OCH3 is 1. The SMILES string of the molecule is COc1ccc(C=NN=C2NC(=O)C(Cc3cccc(Cl)c3Cl)S2)cc1. The van der Waals surface area contributed by atoms with Gasteiger partial charge < -0.3 is 10.1 Å². The van der Waals surface area contributed by atoms with Gasteiger partial charge in [0.2, 0.25) is 5.91 Å². The fourth-order valence-corrected chi connectivity index (χ4v) is 3.68. The van der Waals surface area contributed by atoms with E-state index in [0.717, 1.165) is 16.9 Å². The molecule has 134 valence electrons. The number of hydrogen-bond donors (Lipinski definition) is 1. The number of ether oxygens (including phenoxy) is 1. The van der Waals surface area contributed by atoms with Crippen molar-refractivity contribution in [1.29, 1.82) is 0 Å². The van der Waals surface area contributed by atoms with E-state index in [9.17, 15) is 4.79 Å². The maximum absolute atomic E-state index is 12.1. The van der Waals surface area contributed by atoms with E-state index in [-0.39, 0.29) is 11.2 Å². The maximum Gasteiger partial charge on any atom is 0.239 e. The van der Waals surface area contributed by atoms with Gasteiger partial charge in [-0.25, -0.2) is 0 Å². The lowest BCUT2D eigenvalue weighted by Crippen LogP contribution is -2.26. The fraction of sp³-hybridized carbons (Fsp3) is 0.167. The minimum Gasteiger partial charge on any atom is -0.497 e. The molecule has 0 spiro atoms. The summed E-state index contributed by atoms with van der Waals surface area (Å²) in [5, 5.41) is 11.9. The van der Waals surface area contributed by atoms with Crippen LogP contribution >= 0.6 is 35.0 Å². The van der Waals surface area contributed by atoms with Gasteiger partial charge in [0, 0.05) is 0 Å². The lowest BCUT2D eigenvalue weighted by Gasteiger charge is -2.08. The zero-order valence-corrected chi connectivity index (χ0v) is 16.1. The van der Waals surface area contributed by atoms with Crippen LogP contribution in [0.3, 0.4) is 0 Å². The summed E-state index contributed by atoms with van der Waals surface area (Å²) in [6.07, 6.45) is 2.08. The van der Waals surface area contributed by atoms with Crippen LogP contribution in [0.4, 0.5) is 0 Å². The molecule has 1 N–H and O–H groups in total. The summed E-state index contributed by atoms with van der Waals surface area (Å²) >= 11 is 13.5. The highest BCUT2D eigenvalue weighted by molar-refractivity contribution is 8.15. The second kappa shape index (κ2) is 8.58. The molecule has 1 saturated heterocycles.